The fourth-order valence-corrected chi connectivity index (χ4v) is 4.35. The van der Waals surface area contributed by atoms with Crippen molar-refractivity contribution < 1.29 is 19.0 Å². The zero-order valence-electron chi connectivity index (χ0n) is 19.4. The maximum absolute atomic E-state index is 13.2. The van der Waals surface area contributed by atoms with Crippen molar-refractivity contribution >= 4 is 11.6 Å². The van der Waals surface area contributed by atoms with Crippen LogP contribution in [0.3, 0.4) is 0 Å². The van der Waals surface area contributed by atoms with E-state index in [0.29, 0.717) is 32.8 Å². The van der Waals surface area contributed by atoms with E-state index in [1.165, 1.54) is 7.11 Å². The molecule has 0 spiro atoms. The fraction of sp³-hybridized carbons (Fsp3) is 0.500. The van der Waals surface area contributed by atoms with Crippen LogP contribution in [-0.4, -0.2) is 87.0 Å². The van der Waals surface area contributed by atoms with Gasteiger partial charge in [0.1, 0.15) is 12.3 Å². The Morgan fingerprint density at radius 3 is 2.36 bits per heavy atom. The quantitative estimate of drug-likeness (QED) is 0.616. The van der Waals surface area contributed by atoms with E-state index < -0.39 is 0 Å². The van der Waals surface area contributed by atoms with Crippen molar-refractivity contribution in [3.63, 3.8) is 0 Å². The van der Waals surface area contributed by atoms with Gasteiger partial charge in [-0.05, 0) is 12.1 Å². The molecule has 2 aliphatic heterocycles. The maximum Gasteiger partial charge on any atom is 0.242 e. The predicted molar refractivity (Wildman–Crippen MR) is 125 cm³/mol. The first kappa shape index (κ1) is 23.1. The number of nitrogens with zero attached hydrogens (tertiary/aromatic N) is 4. The molecule has 4 rings (SSSR count). The van der Waals surface area contributed by atoms with E-state index in [4.69, 9.17) is 14.2 Å². The lowest BCUT2D eigenvalue weighted by atomic mass is 10.2. The molecule has 0 unspecified atom stereocenters. The number of morpholine rings is 1. The summed E-state index contributed by atoms with van der Waals surface area (Å²) in [4.78, 5) is 31.9. The summed E-state index contributed by atoms with van der Waals surface area (Å²) in [5, 5.41) is 0. The minimum Gasteiger partial charge on any atom is -0.495 e. The molecular formula is C24H32N4O5. The van der Waals surface area contributed by atoms with E-state index in [1.54, 1.807) is 19.4 Å². The maximum atomic E-state index is 13.2. The Balaban J connectivity index is 1.44. The van der Waals surface area contributed by atoms with Gasteiger partial charge in [-0.15, -0.1) is 0 Å². The predicted octanol–water partition coefficient (Wildman–Crippen LogP) is 1.05. The van der Waals surface area contributed by atoms with Crippen molar-refractivity contribution in [1.82, 2.24) is 14.4 Å². The van der Waals surface area contributed by atoms with E-state index in [9.17, 15) is 9.59 Å². The number of hydrogen-bond donors (Lipinski definition) is 0. The molecule has 2 aliphatic rings. The monoisotopic (exact) mass is 456 g/mol. The lowest BCUT2D eigenvalue weighted by molar-refractivity contribution is -0.132. The summed E-state index contributed by atoms with van der Waals surface area (Å²) >= 11 is 0. The first-order valence-electron chi connectivity index (χ1n) is 11.3. The number of piperazine rings is 1. The highest BCUT2D eigenvalue weighted by Gasteiger charge is 2.24. The van der Waals surface area contributed by atoms with E-state index >= 15 is 0 Å². The fourth-order valence-electron chi connectivity index (χ4n) is 4.35. The van der Waals surface area contributed by atoms with Crippen molar-refractivity contribution in [1.29, 1.82) is 0 Å². The number of carbonyl (C=O) groups is 1. The zero-order chi connectivity index (χ0) is 23.2. The number of methoxy groups -OCH3 is 2. The molecule has 1 aromatic carbocycles. The van der Waals surface area contributed by atoms with Gasteiger partial charge in [-0.2, -0.15) is 0 Å². The summed E-state index contributed by atoms with van der Waals surface area (Å²) in [7, 11) is 3.15. The molecule has 0 bridgehead atoms. The summed E-state index contributed by atoms with van der Waals surface area (Å²) in [6, 6.07) is 9.53. The molecule has 9 heteroatoms. The van der Waals surface area contributed by atoms with Gasteiger partial charge in [0.05, 0.1) is 39.3 Å². The van der Waals surface area contributed by atoms with Crippen LogP contribution in [0.1, 0.15) is 5.69 Å². The third kappa shape index (κ3) is 5.48. The number of aromatic nitrogens is 1. The highest BCUT2D eigenvalue weighted by molar-refractivity contribution is 5.76. The molecule has 0 radical (unpaired) electrons. The van der Waals surface area contributed by atoms with Gasteiger partial charge in [0.15, 0.2) is 5.75 Å². The molecule has 0 atom stereocenters. The SMILES string of the molecule is COc1ccccc1N1CCN(C(=O)Cn2cc(OC)c(=O)cc2CN2CCOCC2)CC1. The number of para-hydroxylation sites is 2. The average molecular weight is 457 g/mol. The summed E-state index contributed by atoms with van der Waals surface area (Å²) in [6.45, 7) is 6.46. The number of pyridine rings is 1. The van der Waals surface area contributed by atoms with E-state index in [0.717, 1.165) is 43.3 Å². The number of carbonyl (C=O) groups excluding carboxylic acids is 1. The molecule has 1 aromatic heterocycles. The van der Waals surface area contributed by atoms with Crippen LogP contribution in [0.5, 0.6) is 11.5 Å². The number of rotatable bonds is 7. The molecule has 33 heavy (non-hydrogen) atoms. The van der Waals surface area contributed by atoms with E-state index in [1.807, 2.05) is 33.7 Å². The lowest BCUT2D eigenvalue weighted by Gasteiger charge is -2.37. The number of ether oxygens (including phenoxy) is 3. The normalized spacial score (nSPS) is 17.2. The van der Waals surface area contributed by atoms with Crippen molar-refractivity contribution in [2.75, 3.05) is 71.6 Å². The topological polar surface area (TPSA) is 76.5 Å². The lowest BCUT2D eigenvalue weighted by Crippen LogP contribution is -2.49. The highest BCUT2D eigenvalue weighted by Crippen LogP contribution is 2.28. The first-order valence-corrected chi connectivity index (χ1v) is 11.3. The molecule has 3 heterocycles. The van der Waals surface area contributed by atoms with Crippen LogP contribution in [0.2, 0.25) is 0 Å². The number of amides is 1. The zero-order valence-corrected chi connectivity index (χ0v) is 19.4. The second-order valence-electron chi connectivity index (χ2n) is 8.25. The van der Waals surface area contributed by atoms with E-state index in [2.05, 4.69) is 9.80 Å². The van der Waals surface area contributed by atoms with Crippen LogP contribution < -0.4 is 19.8 Å². The molecule has 2 aromatic rings. The van der Waals surface area contributed by atoms with Gasteiger partial charge < -0.3 is 28.6 Å². The Morgan fingerprint density at radius 1 is 0.970 bits per heavy atom. The van der Waals surface area contributed by atoms with Gasteiger partial charge in [-0.3, -0.25) is 14.5 Å². The van der Waals surface area contributed by atoms with Crippen LogP contribution >= 0.6 is 0 Å². The Bertz CT molecular complexity index is 1010. The minimum atomic E-state index is -0.171. The number of anilines is 1. The molecular weight excluding hydrogens is 424 g/mol. The van der Waals surface area contributed by atoms with Crippen molar-refractivity contribution in [2.45, 2.75) is 13.1 Å². The summed E-state index contributed by atoms with van der Waals surface area (Å²) in [5.74, 6) is 1.11. The van der Waals surface area contributed by atoms with Gasteiger partial charge in [-0.1, -0.05) is 12.1 Å². The standard InChI is InChI=1S/C24H32N4O5/c1-31-22-6-4-3-5-20(22)26-7-9-27(10-8-26)24(30)18-28-17-23(32-2)21(29)15-19(28)16-25-11-13-33-14-12-25/h3-6,15,17H,7-14,16,18H2,1-2H3. The van der Waals surface area contributed by atoms with Gasteiger partial charge >= 0.3 is 0 Å². The molecule has 2 saturated heterocycles. The third-order valence-electron chi connectivity index (χ3n) is 6.26. The highest BCUT2D eigenvalue weighted by atomic mass is 16.5. The van der Waals surface area contributed by atoms with Crippen LogP contribution in [0.25, 0.3) is 0 Å². The van der Waals surface area contributed by atoms with Crippen molar-refractivity contribution in [2.24, 2.45) is 0 Å². The molecule has 0 aliphatic carbocycles. The minimum absolute atomic E-state index is 0.0311. The molecule has 2 fully saturated rings. The Morgan fingerprint density at radius 2 is 1.67 bits per heavy atom. The second kappa shape index (κ2) is 10.7. The average Bonchev–Trinajstić information content (AvgIpc) is 2.86. The van der Waals surface area contributed by atoms with Gasteiger partial charge in [0.2, 0.25) is 11.3 Å². The number of benzene rings is 1. The van der Waals surface area contributed by atoms with Gasteiger partial charge in [0, 0.05) is 57.6 Å². The smallest absolute Gasteiger partial charge is 0.242 e. The van der Waals surface area contributed by atoms with Crippen LogP contribution in [-0.2, 0) is 22.6 Å². The Kier molecular flexibility index (Phi) is 7.51. The summed E-state index contributed by atoms with van der Waals surface area (Å²) in [5.41, 5.74) is 1.68. The third-order valence-corrected chi connectivity index (χ3v) is 6.26. The van der Waals surface area contributed by atoms with Crippen LogP contribution in [0.4, 0.5) is 5.69 Å². The van der Waals surface area contributed by atoms with Crippen molar-refractivity contribution in [3.05, 3.63) is 52.4 Å². The molecule has 1 amide bonds. The Labute approximate surface area is 194 Å². The van der Waals surface area contributed by atoms with Gasteiger partial charge in [-0.25, -0.2) is 0 Å². The summed E-state index contributed by atoms with van der Waals surface area (Å²) in [6.07, 6.45) is 1.65. The second-order valence-corrected chi connectivity index (χ2v) is 8.25. The van der Waals surface area contributed by atoms with E-state index in [-0.39, 0.29) is 23.6 Å². The van der Waals surface area contributed by atoms with Crippen LogP contribution in [0.15, 0.2) is 41.3 Å². The number of hydrogen-bond acceptors (Lipinski definition) is 7. The molecule has 0 N–H and O–H groups in total. The molecule has 9 nitrogen and oxygen atoms in total. The Hall–Kier alpha value is -3.04. The van der Waals surface area contributed by atoms with Gasteiger partial charge in [0.25, 0.3) is 0 Å². The van der Waals surface area contributed by atoms with Crippen LogP contribution in [0, 0.1) is 0 Å². The first-order chi connectivity index (χ1) is 16.1. The van der Waals surface area contributed by atoms with Crippen molar-refractivity contribution in [3.8, 4) is 11.5 Å². The largest absolute Gasteiger partial charge is 0.495 e. The molecule has 0 saturated carbocycles. The molecule has 178 valence electrons. The summed E-state index contributed by atoms with van der Waals surface area (Å²) < 4.78 is 18.0.